The van der Waals surface area contributed by atoms with Gasteiger partial charge in [-0.15, -0.1) is 0 Å². The van der Waals surface area contributed by atoms with Crippen LogP contribution >= 0.6 is 11.6 Å². The first-order chi connectivity index (χ1) is 10.9. The molecule has 0 amide bonds. The largest absolute Gasteiger partial charge is 0.379 e. The predicted molar refractivity (Wildman–Crippen MR) is 85.7 cm³/mol. The standard InChI is InChI=1S/C16H11ClFNO3S/c1-10-7-11-3-2-4-15(16(11)19-9-10)23(20,21)22-12-5-6-14(18)13(17)8-12/h2-9H,1H3. The van der Waals surface area contributed by atoms with E-state index in [1.807, 2.05) is 13.0 Å². The van der Waals surface area contributed by atoms with Crippen molar-refractivity contribution < 1.29 is 17.0 Å². The molecule has 0 unspecified atom stereocenters. The molecule has 4 nitrogen and oxygen atoms in total. The van der Waals surface area contributed by atoms with Crippen LogP contribution < -0.4 is 4.18 Å². The van der Waals surface area contributed by atoms with Crippen molar-refractivity contribution in [3.05, 3.63) is 65.1 Å². The van der Waals surface area contributed by atoms with Gasteiger partial charge in [-0.1, -0.05) is 23.7 Å². The topological polar surface area (TPSA) is 56.3 Å². The Balaban J connectivity index is 2.07. The molecule has 23 heavy (non-hydrogen) atoms. The first-order valence-corrected chi connectivity index (χ1v) is 8.40. The van der Waals surface area contributed by atoms with E-state index in [1.165, 1.54) is 12.1 Å². The second-order valence-electron chi connectivity index (χ2n) is 4.95. The van der Waals surface area contributed by atoms with Gasteiger partial charge in [0.05, 0.1) is 10.5 Å². The number of benzene rings is 2. The summed E-state index contributed by atoms with van der Waals surface area (Å²) in [6.45, 7) is 1.87. The zero-order valence-electron chi connectivity index (χ0n) is 12.0. The molecule has 0 atom stereocenters. The van der Waals surface area contributed by atoms with Crippen molar-refractivity contribution in [2.24, 2.45) is 0 Å². The summed E-state index contributed by atoms with van der Waals surface area (Å²) < 4.78 is 43.2. The molecule has 0 aliphatic rings. The highest BCUT2D eigenvalue weighted by Gasteiger charge is 2.21. The molecule has 0 N–H and O–H groups in total. The molecule has 3 rings (SSSR count). The molecule has 0 saturated carbocycles. The third kappa shape index (κ3) is 3.13. The number of nitrogens with zero attached hydrogens (tertiary/aromatic N) is 1. The van der Waals surface area contributed by atoms with Gasteiger partial charge in [0, 0.05) is 17.6 Å². The second kappa shape index (κ2) is 5.79. The van der Waals surface area contributed by atoms with Crippen LogP contribution in [0.3, 0.4) is 0 Å². The number of halogens is 2. The van der Waals surface area contributed by atoms with Crippen molar-refractivity contribution in [2.75, 3.05) is 0 Å². The number of pyridine rings is 1. The summed E-state index contributed by atoms with van der Waals surface area (Å²) in [4.78, 5) is 4.12. The first kappa shape index (κ1) is 15.7. The van der Waals surface area contributed by atoms with Crippen molar-refractivity contribution in [3.63, 3.8) is 0 Å². The van der Waals surface area contributed by atoms with Crippen molar-refractivity contribution in [1.82, 2.24) is 4.98 Å². The molecule has 2 aromatic carbocycles. The van der Waals surface area contributed by atoms with Crippen LogP contribution in [0.25, 0.3) is 10.9 Å². The van der Waals surface area contributed by atoms with Crippen LogP contribution in [0.4, 0.5) is 4.39 Å². The maximum atomic E-state index is 13.2. The number of fused-ring (bicyclic) bond motifs is 1. The van der Waals surface area contributed by atoms with Crippen molar-refractivity contribution in [3.8, 4) is 5.75 Å². The monoisotopic (exact) mass is 351 g/mol. The molecule has 0 radical (unpaired) electrons. The van der Waals surface area contributed by atoms with Gasteiger partial charge >= 0.3 is 10.1 Å². The van der Waals surface area contributed by atoms with Gasteiger partial charge in [-0.2, -0.15) is 8.42 Å². The Labute approximate surface area is 137 Å². The molecule has 0 fully saturated rings. The highest BCUT2D eigenvalue weighted by molar-refractivity contribution is 7.87. The van der Waals surface area contributed by atoms with Gasteiger partial charge in [-0.25, -0.2) is 4.39 Å². The molecular formula is C16H11ClFNO3S. The molecular weight excluding hydrogens is 341 g/mol. The third-order valence-corrected chi connectivity index (χ3v) is 4.75. The van der Waals surface area contributed by atoms with Crippen LogP contribution in [-0.2, 0) is 10.1 Å². The van der Waals surface area contributed by atoms with Crippen molar-refractivity contribution in [1.29, 1.82) is 0 Å². The Hall–Kier alpha value is -2.18. The summed E-state index contributed by atoms with van der Waals surface area (Å²) in [6.07, 6.45) is 1.58. The Kier molecular flexibility index (Phi) is 3.95. The maximum absolute atomic E-state index is 13.2. The Morgan fingerprint density at radius 1 is 1.17 bits per heavy atom. The Morgan fingerprint density at radius 3 is 2.70 bits per heavy atom. The summed E-state index contributed by atoms with van der Waals surface area (Å²) in [5.41, 5.74) is 1.23. The van der Waals surface area contributed by atoms with Crippen LogP contribution in [0, 0.1) is 12.7 Å². The molecule has 1 heterocycles. The Morgan fingerprint density at radius 2 is 1.96 bits per heavy atom. The van der Waals surface area contributed by atoms with E-state index in [9.17, 15) is 12.8 Å². The molecule has 118 valence electrons. The molecule has 3 aromatic rings. The maximum Gasteiger partial charge on any atom is 0.341 e. The van der Waals surface area contributed by atoms with E-state index in [2.05, 4.69) is 4.98 Å². The SMILES string of the molecule is Cc1cnc2c(S(=O)(=O)Oc3ccc(F)c(Cl)c3)cccc2c1. The normalized spacial score (nSPS) is 11.6. The van der Waals surface area contributed by atoms with Crippen LogP contribution in [-0.4, -0.2) is 13.4 Å². The lowest BCUT2D eigenvalue weighted by molar-refractivity contribution is 0.485. The summed E-state index contributed by atoms with van der Waals surface area (Å²) in [7, 11) is -4.13. The van der Waals surface area contributed by atoms with Crippen molar-refractivity contribution in [2.45, 2.75) is 11.8 Å². The fourth-order valence-corrected chi connectivity index (χ4v) is 3.41. The zero-order chi connectivity index (χ0) is 16.6. The van der Waals surface area contributed by atoms with E-state index in [1.54, 1.807) is 18.3 Å². The van der Waals surface area contributed by atoms with Crippen LogP contribution in [0.15, 0.2) is 53.6 Å². The number of para-hydroxylation sites is 1. The fraction of sp³-hybridized carbons (Fsp3) is 0.0625. The predicted octanol–water partition coefficient (Wildman–Crippen LogP) is 4.10. The lowest BCUT2D eigenvalue weighted by Crippen LogP contribution is -2.11. The van der Waals surface area contributed by atoms with Crippen LogP contribution in [0.5, 0.6) is 5.75 Å². The average Bonchev–Trinajstić information content (AvgIpc) is 2.49. The van der Waals surface area contributed by atoms with E-state index in [-0.39, 0.29) is 15.7 Å². The van der Waals surface area contributed by atoms with Crippen LogP contribution in [0.1, 0.15) is 5.56 Å². The minimum atomic E-state index is -4.13. The number of aromatic nitrogens is 1. The zero-order valence-corrected chi connectivity index (χ0v) is 13.5. The smallest absolute Gasteiger partial charge is 0.341 e. The fourth-order valence-electron chi connectivity index (χ4n) is 2.14. The number of hydrogen-bond acceptors (Lipinski definition) is 4. The second-order valence-corrected chi connectivity index (χ2v) is 6.88. The van der Waals surface area contributed by atoms with E-state index < -0.39 is 15.9 Å². The molecule has 0 spiro atoms. The molecule has 1 aromatic heterocycles. The van der Waals surface area contributed by atoms with Gasteiger partial charge in [-0.05, 0) is 36.8 Å². The summed E-state index contributed by atoms with van der Waals surface area (Å²) >= 11 is 5.64. The van der Waals surface area contributed by atoms with Gasteiger partial charge in [-0.3, -0.25) is 4.98 Å². The Bertz CT molecular complexity index is 1010. The molecule has 0 aliphatic carbocycles. The number of aryl methyl sites for hydroxylation is 1. The third-order valence-electron chi connectivity index (χ3n) is 3.18. The van der Waals surface area contributed by atoms with Crippen molar-refractivity contribution >= 4 is 32.6 Å². The van der Waals surface area contributed by atoms with E-state index in [0.29, 0.717) is 10.9 Å². The van der Waals surface area contributed by atoms with Gasteiger partial charge in [0.1, 0.15) is 16.5 Å². The highest BCUT2D eigenvalue weighted by Crippen LogP contribution is 2.27. The minimum Gasteiger partial charge on any atom is -0.379 e. The van der Waals surface area contributed by atoms with Gasteiger partial charge in [0.25, 0.3) is 0 Å². The molecule has 0 aliphatic heterocycles. The lowest BCUT2D eigenvalue weighted by Gasteiger charge is -2.09. The molecule has 0 bridgehead atoms. The summed E-state index contributed by atoms with van der Waals surface area (Å²) in [5, 5.41) is 0.469. The highest BCUT2D eigenvalue weighted by atomic mass is 35.5. The summed E-state index contributed by atoms with van der Waals surface area (Å²) in [6, 6.07) is 9.96. The minimum absolute atomic E-state index is 0.0598. The number of hydrogen-bond donors (Lipinski definition) is 0. The lowest BCUT2D eigenvalue weighted by atomic mass is 10.2. The van der Waals surface area contributed by atoms with Gasteiger partial charge in [0.15, 0.2) is 0 Å². The number of rotatable bonds is 3. The van der Waals surface area contributed by atoms with Crippen LogP contribution in [0.2, 0.25) is 5.02 Å². The molecule has 0 saturated heterocycles. The quantitative estimate of drug-likeness (QED) is 0.666. The first-order valence-electron chi connectivity index (χ1n) is 6.62. The average molecular weight is 352 g/mol. The summed E-state index contributed by atoms with van der Waals surface area (Å²) in [5.74, 6) is -0.723. The van der Waals surface area contributed by atoms with Gasteiger partial charge < -0.3 is 4.18 Å². The van der Waals surface area contributed by atoms with E-state index >= 15 is 0 Å². The van der Waals surface area contributed by atoms with Gasteiger partial charge in [0.2, 0.25) is 0 Å². The van der Waals surface area contributed by atoms with E-state index in [4.69, 9.17) is 15.8 Å². The molecule has 7 heteroatoms. The van der Waals surface area contributed by atoms with E-state index in [0.717, 1.165) is 17.7 Å².